The van der Waals surface area contributed by atoms with E-state index in [0.717, 1.165) is 29.2 Å². The van der Waals surface area contributed by atoms with E-state index in [1.807, 2.05) is 24.3 Å². The molecule has 1 aliphatic heterocycles. The monoisotopic (exact) mass is 470 g/mol. The summed E-state index contributed by atoms with van der Waals surface area (Å²) in [6, 6.07) is 3.35. The maximum Gasteiger partial charge on any atom is 0.325 e. The van der Waals surface area contributed by atoms with Gasteiger partial charge in [0, 0.05) is 30.2 Å². The minimum Gasteiger partial charge on any atom is -0.447 e. The fourth-order valence-corrected chi connectivity index (χ4v) is 4.56. The second kappa shape index (κ2) is 9.63. The minimum absolute atomic E-state index is 0.372. The molecule has 2 N–H and O–H groups in total. The number of morpholine rings is 1. The van der Waals surface area contributed by atoms with Crippen LogP contribution in [0.3, 0.4) is 0 Å². The maximum atomic E-state index is 12.3. The largest absolute Gasteiger partial charge is 0.447 e. The average Bonchev–Trinajstić information content (AvgIpc) is 3.43. The number of oxazole rings is 1. The number of rotatable bonds is 6. The average molecular weight is 471 g/mol. The standard InChI is InChI=1S/C21H26N6O3SSi/c1-32(2,3)19-14-23-18(30-19)7-5-16-13-24-21(31-16)26-20(28)25-15-4-6-17(22-12-15)27-8-10-29-11-9-27/h4-7,12-14H,8-11H2,1-3H3,(H2,24,25,26,28). The first-order chi connectivity index (χ1) is 15.4. The van der Waals surface area contributed by atoms with Crippen LogP contribution in [0.15, 0.2) is 35.1 Å². The van der Waals surface area contributed by atoms with Crippen LogP contribution in [0.2, 0.25) is 19.6 Å². The van der Waals surface area contributed by atoms with Gasteiger partial charge in [0.15, 0.2) is 5.13 Å². The van der Waals surface area contributed by atoms with Gasteiger partial charge in [-0.05, 0) is 18.2 Å². The molecule has 0 aliphatic carbocycles. The first kappa shape index (κ1) is 22.2. The zero-order chi connectivity index (χ0) is 22.6. The van der Waals surface area contributed by atoms with Gasteiger partial charge in [-0.3, -0.25) is 5.32 Å². The molecular formula is C21H26N6O3SSi. The topological polar surface area (TPSA) is 105 Å². The van der Waals surface area contributed by atoms with E-state index in [9.17, 15) is 4.79 Å². The van der Waals surface area contributed by atoms with Gasteiger partial charge in [0.1, 0.15) is 19.3 Å². The second-order valence-electron chi connectivity index (χ2n) is 8.30. The number of aromatic nitrogens is 3. The lowest BCUT2D eigenvalue weighted by molar-refractivity contribution is 0.122. The molecule has 9 nitrogen and oxygen atoms in total. The summed E-state index contributed by atoms with van der Waals surface area (Å²) in [5.41, 5.74) is 0.610. The molecule has 11 heteroatoms. The Morgan fingerprint density at radius 2 is 1.88 bits per heavy atom. The number of hydrogen-bond donors (Lipinski definition) is 2. The van der Waals surface area contributed by atoms with Gasteiger partial charge in [-0.15, -0.1) is 0 Å². The Labute approximate surface area is 191 Å². The molecule has 0 spiro atoms. The molecule has 1 saturated heterocycles. The SMILES string of the molecule is C[Si](C)(C)c1cnc(C=Cc2cnc(NC(=O)Nc3ccc(N4CCOCC4)nc3)s2)o1. The van der Waals surface area contributed by atoms with E-state index in [4.69, 9.17) is 9.15 Å². The maximum absolute atomic E-state index is 12.3. The van der Waals surface area contributed by atoms with Crippen molar-refractivity contribution in [2.24, 2.45) is 0 Å². The van der Waals surface area contributed by atoms with Crippen molar-refractivity contribution in [3.05, 3.63) is 41.5 Å². The van der Waals surface area contributed by atoms with Crippen molar-refractivity contribution in [3.8, 4) is 0 Å². The molecule has 0 aromatic carbocycles. The van der Waals surface area contributed by atoms with Gasteiger partial charge < -0.3 is 19.4 Å². The number of pyridine rings is 1. The summed E-state index contributed by atoms with van der Waals surface area (Å²) in [7, 11) is -1.52. The van der Waals surface area contributed by atoms with Gasteiger partial charge in [-0.1, -0.05) is 31.0 Å². The van der Waals surface area contributed by atoms with Crippen molar-refractivity contribution < 1.29 is 13.9 Å². The number of ether oxygens (including phenoxy) is 1. The highest BCUT2D eigenvalue weighted by molar-refractivity contribution is 7.16. The fraction of sp³-hybridized carbons (Fsp3) is 0.333. The Bertz CT molecular complexity index is 1080. The van der Waals surface area contributed by atoms with Gasteiger partial charge in [0.2, 0.25) is 5.89 Å². The molecule has 1 aliphatic rings. The number of hydrogen-bond acceptors (Lipinski definition) is 8. The number of amides is 2. The number of carbonyl (C=O) groups excluding carboxylic acids is 1. The number of nitrogens with one attached hydrogen (secondary N) is 2. The summed E-state index contributed by atoms with van der Waals surface area (Å²) in [6.45, 7) is 9.66. The molecule has 0 saturated carbocycles. The first-order valence-corrected chi connectivity index (χ1v) is 14.7. The molecule has 3 aromatic heterocycles. The molecule has 0 radical (unpaired) electrons. The van der Waals surface area contributed by atoms with Crippen molar-refractivity contribution in [1.29, 1.82) is 0 Å². The van der Waals surface area contributed by atoms with Crippen LogP contribution in [0, 0.1) is 0 Å². The van der Waals surface area contributed by atoms with E-state index in [1.165, 1.54) is 11.3 Å². The van der Waals surface area contributed by atoms with Crippen LogP contribution in [0.1, 0.15) is 10.8 Å². The normalized spacial score (nSPS) is 14.7. The third kappa shape index (κ3) is 5.81. The summed E-state index contributed by atoms with van der Waals surface area (Å²) < 4.78 is 11.2. The van der Waals surface area contributed by atoms with Crippen molar-refractivity contribution in [2.75, 3.05) is 41.8 Å². The molecule has 4 rings (SSSR count). The van der Waals surface area contributed by atoms with E-state index in [2.05, 4.69) is 50.1 Å². The number of thiazole rings is 1. The second-order valence-corrected chi connectivity index (χ2v) is 14.4. The lowest BCUT2D eigenvalue weighted by Gasteiger charge is -2.27. The van der Waals surface area contributed by atoms with E-state index >= 15 is 0 Å². The third-order valence-corrected chi connectivity index (χ3v) is 7.33. The van der Waals surface area contributed by atoms with Crippen molar-refractivity contribution >= 4 is 59.6 Å². The van der Waals surface area contributed by atoms with Crippen LogP contribution in [0.25, 0.3) is 12.2 Å². The molecule has 3 aromatic rings. The Balaban J connectivity index is 1.30. The number of carbonyl (C=O) groups is 1. The first-order valence-electron chi connectivity index (χ1n) is 10.3. The molecule has 4 heterocycles. The summed E-state index contributed by atoms with van der Waals surface area (Å²) in [6.07, 6.45) is 8.82. The van der Waals surface area contributed by atoms with Crippen LogP contribution in [0.5, 0.6) is 0 Å². The number of nitrogens with zero attached hydrogens (tertiary/aromatic N) is 4. The zero-order valence-electron chi connectivity index (χ0n) is 18.3. The van der Waals surface area contributed by atoms with Crippen molar-refractivity contribution in [1.82, 2.24) is 15.0 Å². The smallest absolute Gasteiger partial charge is 0.325 e. The summed E-state index contributed by atoms with van der Waals surface area (Å²) in [4.78, 5) is 28.3. The molecule has 0 bridgehead atoms. The van der Waals surface area contributed by atoms with Gasteiger partial charge in [-0.25, -0.2) is 19.7 Å². The van der Waals surface area contributed by atoms with Crippen LogP contribution < -0.4 is 20.9 Å². The summed E-state index contributed by atoms with van der Waals surface area (Å²) in [5, 5.41) is 6.98. The van der Waals surface area contributed by atoms with Gasteiger partial charge in [0.25, 0.3) is 0 Å². The molecule has 0 atom stereocenters. The molecule has 168 valence electrons. The molecule has 1 fully saturated rings. The zero-order valence-corrected chi connectivity index (χ0v) is 20.1. The van der Waals surface area contributed by atoms with Crippen LogP contribution in [-0.2, 0) is 4.74 Å². The van der Waals surface area contributed by atoms with Gasteiger partial charge in [-0.2, -0.15) is 0 Å². The Morgan fingerprint density at radius 3 is 2.56 bits per heavy atom. The lowest BCUT2D eigenvalue weighted by Crippen LogP contribution is -2.36. The molecular weight excluding hydrogens is 444 g/mol. The third-order valence-electron chi connectivity index (χ3n) is 4.74. The van der Waals surface area contributed by atoms with Crippen LogP contribution in [0.4, 0.5) is 21.4 Å². The van der Waals surface area contributed by atoms with E-state index in [0.29, 0.717) is 29.9 Å². The molecule has 32 heavy (non-hydrogen) atoms. The Morgan fingerprint density at radius 1 is 1.06 bits per heavy atom. The molecule has 2 amide bonds. The predicted octanol–water partition coefficient (Wildman–Crippen LogP) is 3.72. The van der Waals surface area contributed by atoms with E-state index < -0.39 is 8.07 Å². The highest BCUT2D eigenvalue weighted by atomic mass is 32.1. The Hall–Kier alpha value is -3.02. The number of anilines is 3. The Kier molecular flexibility index (Phi) is 6.68. The highest BCUT2D eigenvalue weighted by Gasteiger charge is 2.21. The minimum atomic E-state index is -1.52. The summed E-state index contributed by atoms with van der Waals surface area (Å²) in [5.74, 6) is 1.44. The molecule has 0 unspecified atom stereocenters. The van der Waals surface area contributed by atoms with E-state index in [1.54, 1.807) is 18.6 Å². The van der Waals surface area contributed by atoms with Crippen LogP contribution in [-0.4, -0.2) is 55.4 Å². The van der Waals surface area contributed by atoms with Crippen LogP contribution >= 0.6 is 11.3 Å². The lowest BCUT2D eigenvalue weighted by atomic mass is 10.3. The van der Waals surface area contributed by atoms with Crippen molar-refractivity contribution in [3.63, 3.8) is 0 Å². The van der Waals surface area contributed by atoms with E-state index in [-0.39, 0.29) is 6.03 Å². The highest BCUT2D eigenvalue weighted by Crippen LogP contribution is 2.21. The summed E-state index contributed by atoms with van der Waals surface area (Å²) >= 11 is 1.36. The predicted molar refractivity (Wildman–Crippen MR) is 130 cm³/mol. The number of urea groups is 1. The fourth-order valence-electron chi connectivity index (χ4n) is 2.99. The van der Waals surface area contributed by atoms with Crippen molar-refractivity contribution in [2.45, 2.75) is 19.6 Å². The van der Waals surface area contributed by atoms with Gasteiger partial charge in [0.05, 0.1) is 31.3 Å². The van der Waals surface area contributed by atoms with Gasteiger partial charge >= 0.3 is 6.03 Å². The quantitative estimate of drug-likeness (QED) is 0.529.